The van der Waals surface area contributed by atoms with Gasteiger partial charge in [0.1, 0.15) is 5.82 Å². The predicted octanol–water partition coefficient (Wildman–Crippen LogP) is 0.299. The first-order valence-electron chi connectivity index (χ1n) is 8.46. The second-order valence-electron chi connectivity index (χ2n) is 6.19. The molecule has 1 unspecified atom stereocenters. The van der Waals surface area contributed by atoms with Crippen LogP contribution in [0.1, 0.15) is 12.6 Å². The minimum atomic E-state index is -0.378. The van der Waals surface area contributed by atoms with Gasteiger partial charge in [0, 0.05) is 25.8 Å². The Balaban J connectivity index is 1.73. The number of aliphatic hydroxyl groups is 1. The van der Waals surface area contributed by atoms with Gasteiger partial charge in [-0.1, -0.05) is 0 Å². The Hall–Kier alpha value is -2.43. The van der Waals surface area contributed by atoms with Gasteiger partial charge in [-0.2, -0.15) is 0 Å². The SMILES string of the molecule is CCOC1CN(C)C[C@H]1NC(=O)Nc1cc2[nH]nc(OC)c2c(CO)n1. The Kier molecular flexibility index (Phi) is 5.55. The van der Waals surface area contributed by atoms with Gasteiger partial charge in [-0.15, -0.1) is 5.10 Å². The number of methoxy groups -OCH3 is 1. The van der Waals surface area contributed by atoms with Crippen LogP contribution in [0.15, 0.2) is 6.07 Å². The molecule has 0 bridgehead atoms. The molecule has 1 aliphatic heterocycles. The Labute approximate surface area is 150 Å². The number of likely N-dealkylation sites (tertiary alicyclic amines) is 1. The third-order valence-electron chi connectivity index (χ3n) is 4.32. The summed E-state index contributed by atoms with van der Waals surface area (Å²) in [7, 11) is 3.48. The van der Waals surface area contributed by atoms with E-state index < -0.39 is 0 Å². The van der Waals surface area contributed by atoms with E-state index >= 15 is 0 Å². The van der Waals surface area contributed by atoms with Crippen LogP contribution in [-0.2, 0) is 11.3 Å². The molecule has 2 aromatic heterocycles. The number of ether oxygens (including phenoxy) is 2. The van der Waals surface area contributed by atoms with Crippen LogP contribution >= 0.6 is 0 Å². The number of fused-ring (bicyclic) bond motifs is 1. The lowest BCUT2D eigenvalue weighted by Crippen LogP contribution is -2.45. The number of aliphatic hydroxyl groups excluding tert-OH is 1. The largest absolute Gasteiger partial charge is 0.479 e. The number of rotatable bonds is 6. The van der Waals surface area contributed by atoms with E-state index in [9.17, 15) is 9.90 Å². The van der Waals surface area contributed by atoms with Gasteiger partial charge < -0.3 is 24.8 Å². The summed E-state index contributed by atoms with van der Waals surface area (Å²) in [5.74, 6) is 0.658. The summed E-state index contributed by atoms with van der Waals surface area (Å²) < 4.78 is 10.8. The summed E-state index contributed by atoms with van der Waals surface area (Å²) in [6, 6.07) is 1.16. The number of pyridine rings is 1. The van der Waals surface area contributed by atoms with Crippen LogP contribution in [0.5, 0.6) is 5.88 Å². The summed E-state index contributed by atoms with van der Waals surface area (Å²) in [5.41, 5.74) is 0.986. The number of carbonyl (C=O) groups excluding carboxylic acids is 1. The standard InChI is InChI=1S/C16H24N6O4/c1-4-26-12-7-22(2)6-10(12)18-16(24)19-13-5-9-14(11(8-23)17-13)15(25-3)21-20-9/h5,10,12,23H,4,6-8H2,1-3H3,(H,20,21)(H2,17,18,19,24)/t10-,12?/m1/s1. The van der Waals surface area contributed by atoms with Crippen LogP contribution < -0.4 is 15.4 Å². The molecule has 10 nitrogen and oxygen atoms in total. The van der Waals surface area contributed by atoms with Gasteiger partial charge in [-0.3, -0.25) is 10.4 Å². The average Bonchev–Trinajstić information content (AvgIpc) is 3.17. The third-order valence-corrected chi connectivity index (χ3v) is 4.32. The van der Waals surface area contributed by atoms with Gasteiger partial charge in [0.05, 0.1) is 42.5 Å². The number of nitrogens with one attached hydrogen (secondary N) is 3. The molecule has 0 aromatic carbocycles. The molecule has 142 valence electrons. The summed E-state index contributed by atoms with van der Waals surface area (Å²) in [4.78, 5) is 18.8. The van der Waals surface area contributed by atoms with Crippen LogP contribution in [-0.4, -0.2) is 77.2 Å². The molecule has 2 amide bonds. The normalized spacial score (nSPS) is 20.5. The lowest BCUT2D eigenvalue weighted by molar-refractivity contribution is 0.0568. The molecule has 3 heterocycles. The summed E-state index contributed by atoms with van der Waals surface area (Å²) >= 11 is 0. The van der Waals surface area contributed by atoms with Crippen molar-refractivity contribution in [1.82, 2.24) is 25.4 Å². The van der Waals surface area contributed by atoms with E-state index in [2.05, 4.69) is 30.7 Å². The highest BCUT2D eigenvalue weighted by atomic mass is 16.5. The fraction of sp³-hybridized carbons (Fsp3) is 0.562. The molecule has 2 aromatic rings. The lowest BCUT2D eigenvalue weighted by Gasteiger charge is -2.20. The lowest BCUT2D eigenvalue weighted by atomic mass is 10.2. The van der Waals surface area contributed by atoms with Gasteiger partial charge in [0.25, 0.3) is 0 Å². The molecule has 2 atom stereocenters. The Morgan fingerprint density at radius 1 is 1.50 bits per heavy atom. The third kappa shape index (κ3) is 3.71. The zero-order valence-electron chi connectivity index (χ0n) is 15.1. The number of aromatic nitrogens is 3. The van der Waals surface area contributed by atoms with Crippen LogP contribution in [0.4, 0.5) is 10.6 Å². The number of aromatic amines is 1. The van der Waals surface area contributed by atoms with Crippen molar-refractivity contribution in [3.05, 3.63) is 11.8 Å². The zero-order valence-corrected chi connectivity index (χ0v) is 15.1. The topological polar surface area (TPSA) is 125 Å². The molecule has 4 N–H and O–H groups in total. The molecule has 10 heteroatoms. The van der Waals surface area contributed by atoms with Crippen LogP contribution in [0, 0.1) is 0 Å². The van der Waals surface area contributed by atoms with E-state index in [-0.39, 0.29) is 24.8 Å². The first kappa shape index (κ1) is 18.4. The second-order valence-corrected chi connectivity index (χ2v) is 6.19. The minimum Gasteiger partial charge on any atom is -0.479 e. The monoisotopic (exact) mass is 364 g/mol. The second kappa shape index (κ2) is 7.85. The zero-order chi connectivity index (χ0) is 18.7. The van der Waals surface area contributed by atoms with Crippen molar-refractivity contribution in [2.45, 2.75) is 25.7 Å². The van der Waals surface area contributed by atoms with Crippen molar-refractivity contribution in [1.29, 1.82) is 0 Å². The van der Waals surface area contributed by atoms with E-state index in [0.717, 1.165) is 6.54 Å². The first-order chi connectivity index (χ1) is 12.5. The van der Waals surface area contributed by atoms with Crippen molar-refractivity contribution in [2.75, 3.05) is 39.2 Å². The van der Waals surface area contributed by atoms with Gasteiger partial charge in [-0.05, 0) is 14.0 Å². The van der Waals surface area contributed by atoms with Crippen LogP contribution in [0.2, 0.25) is 0 Å². The Bertz CT molecular complexity index is 779. The number of anilines is 1. The number of likely N-dealkylation sites (N-methyl/N-ethyl adjacent to an activating group) is 1. The number of hydrogen-bond donors (Lipinski definition) is 4. The molecular formula is C16H24N6O4. The predicted molar refractivity (Wildman–Crippen MR) is 95.2 cm³/mol. The summed E-state index contributed by atoms with van der Waals surface area (Å²) in [6.07, 6.45) is -0.0453. The number of amides is 2. The van der Waals surface area contributed by atoms with Crippen molar-refractivity contribution in [3.8, 4) is 5.88 Å². The molecule has 1 aliphatic rings. The molecule has 1 saturated heterocycles. The number of H-pyrrole nitrogens is 1. The van der Waals surface area contributed by atoms with Crippen molar-refractivity contribution >= 4 is 22.8 Å². The van der Waals surface area contributed by atoms with Crippen molar-refractivity contribution < 1.29 is 19.4 Å². The molecule has 0 spiro atoms. The summed E-state index contributed by atoms with van der Waals surface area (Å²) in [5, 5.41) is 22.6. The molecule has 0 aliphatic carbocycles. The molecule has 0 radical (unpaired) electrons. The van der Waals surface area contributed by atoms with Gasteiger partial charge in [0.15, 0.2) is 0 Å². The number of urea groups is 1. The van der Waals surface area contributed by atoms with E-state index in [1.165, 1.54) is 7.11 Å². The maximum Gasteiger partial charge on any atom is 0.320 e. The first-order valence-corrected chi connectivity index (χ1v) is 8.46. The van der Waals surface area contributed by atoms with E-state index in [0.29, 0.717) is 41.4 Å². The maximum atomic E-state index is 12.4. The summed E-state index contributed by atoms with van der Waals surface area (Å²) in [6.45, 7) is 3.71. The number of nitrogens with zero attached hydrogens (tertiary/aromatic N) is 3. The fourth-order valence-electron chi connectivity index (χ4n) is 3.22. The van der Waals surface area contributed by atoms with Gasteiger partial charge in [-0.25, -0.2) is 9.78 Å². The van der Waals surface area contributed by atoms with Gasteiger partial charge >= 0.3 is 6.03 Å². The molecule has 1 fully saturated rings. The highest BCUT2D eigenvalue weighted by molar-refractivity contribution is 5.93. The fourth-order valence-corrected chi connectivity index (χ4v) is 3.22. The van der Waals surface area contributed by atoms with E-state index in [4.69, 9.17) is 9.47 Å². The van der Waals surface area contributed by atoms with Crippen LogP contribution in [0.25, 0.3) is 10.9 Å². The Morgan fingerprint density at radius 2 is 2.31 bits per heavy atom. The highest BCUT2D eigenvalue weighted by Gasteiger charge is 2.32. The van der Waals surface area contributed by atoms with E-state index in [1.807, 2.05) is 14.0 Å². The molecule has 26 heavy (non-hydrogen) atoms. The highest BCUT2D eigenvalue weighted by Crippen LogP contribution is 2.27. The van der Waals surface area contributed by atoms with Crippen molar-refractivity contribution in [2.24, 2.45) is 0 Å². The average molecular weight is 364 g/mol. The van der Waals surface area contributed by atoms with Gasteiger partial charge in [0.2, 0.25) is 5.88 Å². The quantitative estimate of drug-likeness (QED) is 0.581. The minimum absolute atomic E-state index is 0.0453. The molecule has 0 saturated carbocycles. The maximum absolute atomic E-state index is 12.4. The number of hydrogen-bond acceptors (Lipinski definition) is 7. The van der Waals surface area contributed by atoms with Crippen molar-refractivity contribution in [3.63, 3.8) is 0 Å². The Morgan fingerprint density at radius 3 is 3.00 bits per heavy atom. The van der Waals surface area contributed by atoms with Crippen LogP contribution in [0.3, 0.4) is 0 Å². The smallest absolute Gasteiger partial charge is 0.320 e. The number of carbonyl (C=O) groups is 1. The molecular weight excluding hydrogens is 340 g/mol. The molecule has 3 rings (SSSR count). The van der Waals surface area contributed by atoms with E-state index in [1.54, 1.807) is 6.07 Å².